The minimum absolute atomic E-state index is 1.50. The molecular formula is C16H48O6Si6. The van der Waals surface area contributed by atoms with Crippen molar-refractivity contribution in [1.82, 2.24) is 0 Å². The summed E-state index contributed by atoms with van der Waals surface area (Å²) < 4.78 is 34.9. The van der Waals surface area contributed by atoms with Crippen LogP contribution in [0.1, 0.15) is 0 Å². The quantitative estimate of drug-likeness (QED) is 0.350. The van der Waals surface area contributed by atoms with Crippen molar-refractivity contribution < 1.29 is 25.3 Å². The molecule has 0 aliphatic rings. The Morgan fingerprint density at radius 2 is 0.536 bits per heavy atom. The van der Waals surface area contributed by atoms with Crippen molar-refractivity contribution >= 4 is 50.9 Å². The van der Waals surface area contributed by atoms with Crippen molar-refractivity contribution in [1.29, 1.82) is 0 Å². The number of hydrogen-bond acceptors (Lipinski definition) is 6. The van der Waals surface area contributed by atoms with Gasteiger partial charge in [0.25, 0.3) is 0 Å². The van der Waals surface area contributed by atoms with E-state index in [2.05, 4.69) is 91.7 Å². The summed E-state index contributed by atoms with van der Waals surface area (Å²) in [7, 11) is -7.48. The maximum absolute atomic E-state index is 6.07. The Morgan fingerprint density at radius 3 is 0.679 bits per heavy atom. The Bertz CT molecular complexity index is 416. The van der Waals surface area contributed by atoms with Crippen LogP contribution in [0.15, 0.2) is 0 Å². The molecule has 0 bridgehead atoms. The topological polar surface area (TPSA) is 55.4 Å². The molecule has 0 rings (SSSR count). The maximum Gasteiger partial charge on any atom is 0.322 e. The fourth-order valence-electron chi connectivity index (χ4n) is 2.78. The van der Waals surface area contributed by atoms with E-state index in [1.807, 2.05) is 0 Å². The Hall–Kier alpha value is 1.06. The van der Waals surface area contributed by atoms with Gasteiger partial charge in [-0.05, 0) is 91.7 Å². The van der Waals surface area contributed by atoms with Crippen LogP contribution in [0, 0.1) is 0 Å². The number of rotatable bonds is 10. The first-order valence-electron chi connectivity index (χ1n) is 9.86. The molecule has 0 N–H and O–H groups in total. The van der Waals surface area contributed by atoms with Gasteiger partial charge in [0.2, 0.25) is 0 Å². The van der Waals surface area contributed by atoms with Crippen LogP contribution >= 0.6 is 0 Å². The van der Waals surface area contributed by atoms with E-state index in [4.69, 9.17) is 25.3 Å². The molecule has 0 heterocycles. The molecule has 172 valence electrons. The van der Waals surface area contributed by atoms with Crippen molar-refractivity contribution in [3.8, 4) is 0 Å². The summed E-state index contributed by atoms with van der Waals surface area (Å²) in [6.45, 7) is 29.7. The van der Waals surface area contributed by atoms with E-state index in [0.717, 1.165) is 0 Å². The fraction of sp³-hybridized carbons (Fsp3) is 1.00. The maximum atomic E-state index is 6.07. The molecule has 0 unspecified atom stereocenters. The van der Waals surface area contributed by atoms with Gasteiger partial charge < -0.3 is 25.3 Å². The average Bonchev–Trinajstić information content (AvgIpc) is 2.30. The summed E-state index contributed by atoms with van der Waals surface area (Å²) in [4.78, 5) is 0. The Labute approximate surface area is 181 Å². The molecule has 0 saturated carbocycles. The van der Waals surface area contributed by atoms with E-state index < -0.39 is 50.9 Å². The van der Waals surface area contributed by atoms with Crippen molar-refractivity contribution in [2.24, 2.45) is 0 Å². The van der Waals surface area contributed by atoms with Gasteiger partial charge in [0, 0.05) is 14.2 Å². The minimum atomic E-state index is -2.00. The van der Waals surface area contributed by atoms with Crippen molar-refractivity contribution in [2.45, 2.75) is 91.7 Å². The monoisotopic (exact) mass is 504 g/mol. The largest absolute Gasteiger partial charge is 0.437 e. The molecule has 0 saturated heterocycles. The molecule has 0 aliphatic carbocycles. The van der Waals surface area contributed by atoms with Crippen molar-refractivity contribution in [3.63, 3.8) is 0 Å². The second kappa shape index (κ2) is 11.1. The standard InChI is InChI=1S/2C8H24O3Si3/c2*1-9-13(5,6)11-14(7,8)10-12(2,3)4/h2*1-8H3. The van der Waals surface area contributed by atoms with E-state index in [-0.39, 0.29) is 0 Å². The molecule has 0 aromatic carbocycles. The summed E-state index contributed by atoms with van der Waals surface area (Å²) in [5.74, 6) is 0. The first-order chi connectivity index (χ1) is 11.9. The third kappa shape index (κ3) is 19.1. The van der Waals surface area contributed by atoms with Gasteiger partial charge in [0.05, 0.1) is 0 Å². The predicted molar refractivity (Wildman–Crippen MR) is 135 cm³/mol. The SMILES string of the molecule is CO[Si](C)(C)O[Si](C)(C)O[Si](C)(C)C.CO[Si](C)(C)O[Si](C)(C)O[Si](C)(C)C. The van der Waals surface area contributed by atoms with Gasteiger partial charge in [-0.15, -0.1) is 0 Å². The molecule has 0 aliphatic heterocycles. The van der Waals surface area contributed by atoms with E-state index in [1.165, 1.54) is 0 Å². The van der Waals surface area contributed by atoms with Crippen LogP contribution in [0.25, 0.3) is 0 Å². The fourth-order valence-corrected chi connectivity index (χ4v) is 25.8. The zero-order chi connectivity index (χ0) is 23.2. The van der Waals surface area contributed by atoms with Crippen molar-refractivity contribution in [2.75, 3.05) is 14.2 Å². The summed E-state index contributed by atoms with van der Waals surface area (Å²) in [5, 5.41) is 0. The number of hydrogen-bond donors (Lipinski definition) is 0. The highest BCUT2D eigenvalue weighted by atomic mass is 28.5. The second-order valence-electron chi connectivity index (χ2n) is 10.6. The van der Waals surface area contributed by atoms with Crippen LogP contribution in [0.4, 0.5) is 0 Å². The second-order valence-corrected chi connectivity index (χ2v) is 34.4. The van der Waals surface area contributed by atoms with Crippen LogP contribution in [0.2, 0.25) is 91.7 Å². The molecule has 0 fully saturated rings. The molecule has 12 heteroatoms. The third-order valence-corrected chi connectivity index (χ3v) is 21.7. The molecule has 0 spiro atoms. The first-order valence-corrected chi connectivity index (χ1v) is 27.9. The molecule has 28 heavy (non-hydrogen) atoms. The van der Waals surface area contributed by atoms with Crippen LogP contribution in [-0.2, 0) is 25.3 Å². The van der Waals surface area contributed by atoms with Crippen LogP contribution in [0.5, 0.6) is 0 Å². The molecule has 6 nitrogen and oxygen atoms in total. The average molecular weight is 505 g/mol. The van der Waals surface area contributed by atoms with Crippen LogP contribution in [0.3, 0.4) is 0 Å². The molecule has 0 amide bonds. The highest BCUT2D eigenvalue weighted by Gasteiger charge is 2.39. The summed E-state index contributed by atoms with van der Waals surface area (Å²) in [6.07, 6.45) is 0. The zero-order valence-corrected chi connectivity index (χ0v) is 27.4. The van der Waals surface area contributed by atoms with E-state index in [9.17, 15) is 0 Å². The Balaban J connectivity index is 0. The third-order valence-electron chi connectivity index (χ3n) is 3.07. The first kappa shape index (κ1) is 31.2. The molecular weight excluding hydrogens is 457 g/mol. The molecule has 0 aromatic heterocycles. The summed E-state index contributed by atoms with van der Waals surface area (Å²) in [6, 6.07) is 0. The normalized spacial score (nSPS) is 14.6. The lowest BCUT2D eigenvalue weighted by Crippen LogP contribution is -2.52. The van der Waals surface area contributed by atoms with E-state index in [0.29, 0.717) is 0 Å². The molecule has 0 radical (unpaired) electrons. The van der Waals surface area contributed by atoms with Gasteiger partial charge in [-0.2, -0.15) is 0 Å². The highest BCUT2D eigenvalue weighted by Crippen LogP contribution is 2.21. The van der Waals surface area contributed by atoms with Gasteiger partial charge in [0.1, 0.15) is 0 Å². The van der Waals surface area contributed by atoms with E-state index >= 15 is 0 Å². The van der Waals surface area contributed by atoms with E-state index in [1.54, 1.807) is 14.2 Å². The smallest absolute Gasteiger partial charge is 0.322 e. The lowest BCUT2D eigenvalue weighted by molar-refractivity contribution is 0.278. The Kier molecular flexibility index (Phi) is 12.4. The lowest BCUT2D eigenvalue weighted by Gasteiger charge is -2.36. The highest BCUT2D eigenvalue weighted by molar-refractivity contribution is 6.86. The van der Waals surface area contributed by atoms with Gasteiger partial charge >= 0.3 is 34.2 Å². The van der Waals surface area contributed by atoms with Gasteiger partial charge in [-0.3, -0.25) is 0 Å². The molecule has 0 aromatic rings. The molecule has 0 atom stereocenters. The van der Waals surface area contributed by atoms with Crippen LogP contribution in [-0.4, -0.2) is 65.1 Å². The summed E-state index contributed by atoms with van der Waals surface area (Å²) >= 11 is 0. The van der Waals surface area contributed by atoms with Crippen LogP contribution < -0.4 is 0 Å². The van der Waals surface area contributed by atoms with Gasteiger partial charge in [-0.1, -0.05) is 0 Å². The zero-order valence-electron chi connectivity index (χ0n) is 21.4. The van der Waals surface area contributed by atoms with Gasteiger partial charge in [-0.25, -0.2) is 0 Å². The van der Waals surface area contributed by atoms with Gasteiger partial charge in [0.15, 0.2) is 16.6 Å². The minimum Gasteiger partial charge on any atom is -0.437 e. The predicted octanol–water partition coefficient (Wildman–Crippen LogP) is 5.81. The Morgan fingerprint density at radius 1 is 0.321 bits per heavy atom. The van der Waals surface area contributed by atoms with Crippen molar-refractivity contribution in [3.05, 3.63) is 0 Å². The lowest BCUT2D eigenvalue weighted by atomic mass is 11.8. The summed E-state index contributed by atoms with van der Waals surface area (Å²) in [5.41, 5.74) is 0.